The zero-order valence-electron chi connectivity index (χ0n) is 8.17. The van der Waals surface area contributed by atoms with E-state index in [2.05, 4.69) is 22.1 Å². The van der Waals surface area contributed by atoms with Gasteiger partial charge in [0.25, 0.3) is 0 Å². The number of amides is 1. The average Bonchev–Trinajstić information content (AvgIpc) is 2.70. The van der Waals surface area contributed by atoms with Gasteiger partial charge in [0.15, 0.2) is 0 Å². The van der Waals surface area contributed by atoms with E-state index in [9.17, 15) is 4.79 Å². The molecule has 1 atom stereocenters. The predicted molar refractivity (Wildman–Crippen MR) is 57.5 cm³/mol. The highest BCUT2D eigenvalue weighted by molar-refractivity contribution is 7.10. The summed E-state index contributed by atoms with van der Waals surface area (Å²) in [6.45, 7) is 0.399. The van der Waals surface area contributed by atoms with Gasteiger partial charge in [-0.2, -0.15) is 0 Å². The third-order valence-electron chi connectivity index (χ3n) is 2.49. The molecule has 1 aromatic rings. The molecule has 1 aliphatic carbocycles. The van der Waals surface area contributed by atoms with Gasteiger partial charge in [0.05, 0.1) is 12.6 Å². The zero-order chi connectivity index (χ0) is 9.97. The summed E-state index contributed by atoms with van der Waals surface area (Å²) in [5, 5.41) is 7.98. The van der Waals surface area contributed by atoms with E-state index >= 15 is 0 Å². The van der Waals surface area contributed by atoms with Crippen LogP contribution in [0.4, 0.5) is 0 Å². The van der Waals surface area contributed by atoms with Gasteiger partial charge in [-0.15, -0.1) is 11.3 Å². The quantitative estimate of drug-likeness (QED) is 0.783. The highest BCUT2D eigenvalue weighted by Crippen LogP contribution is 2.34. The molecule has 0 fully saturated rings. The monoisotopic (exact) mass is 210 g/mol. The molecule has 3 nitrogen and oxygen atoms in total. The van der Waals surface area contributed by atoms with Gasteiger partial charge < -0.3 is 10.6 Å². The zero-order valence-corrected chi connectivity index (χ0v) is 8.99. The number of nitrogens with one attached hydrogen (secondary N) is 2. The summed E-state index contributed by atoms with van der Waals surface area (Å²) in [4.78, 5) is 12.8. The van der Waals surface area contributed by atoms with Crippen molar-refractivity contribution in [3.05, 3.63) is 21.9 Å². The molecule has 2 N–H and O–H groups in total. The summed E-state index contributed by atoms with van der Waals surface area (Å²) in [6, 6.07) is 2.37. The highest BCUT2D eigenvalue weighted by atomic mass is 32.1. The minimum absolute atomic E-state index is 0.0801. The first-order chi connectivity index (χ1) is 6.81. The van der Waals surface area contributed by atoms with Gasteiger partial charge >= 0.3 is 0 Å². The first-order valence-corrected chi connectivity index (χ1v) is 5.69. The number of carbonyl (C=O) groups is 1. The molecule has 76 valence electrons. The standard InChI is InChI=1S/C10H14N2OS/c1-11-6-10(13)12-8-2-3-9-7(8)4-5-14-9/h4-5,8,11H,2-3,6H2,1H3,(H,12,13). The Morgan fingerprint density at radius 3 is 3.36 bits per heavy atom. The molecule has 0 radical (unpaired) electrons. The fraction of sp³-hybridized carbons (Fsp3) is 0.500. The molecule has 4 heteroatoms. The lowest BCUT2D eigenvalue weighted by Crippen LogP contribution is -2.34. The first kappa shape index (κ1) is 9.68. The maximum absolute atomic E-state index is 11.4. The van der Waals surface area contributed by atoms with Crippen molar-refractivity contribution in [3.63, 3.8) is 0 Å². The molecule has 14 heavy (non-hydrogen) atoms. The minimum atomic E-state index is 0.0801. The lowest BCUT2D eigenvalue weighted by atomic mass is 10.2. The van der Waals surface area contributed by atoms with Crippen molar-refractivity contribution in [2.45, 2.75) is 18.9 Å². The molecule has 1 aliphatic rings. The number of thiophene rings is 1. The molecule has 1 unspecified atom stereocenters. The van der Waals surface area contributed by atoms with E-state index in [1.165, 1.54) is 10.4 Å². The number of likely N-dealkylation sites (N-methyl/N-ethyl adjacent to an activating group) is 1. The molecule has 0 aliphatic heterocycles. The Kier molecular flexibility index (Phi) is 2.84. The Labute approximate surface area is 87.5 Å². The number of hydrogen-bond acceptors (Lipinski definition) is 3. The maximum Gasteiger partial charge on any atom is 0.234 e. The minimum Gasteiger partial charge on any atom is -0.348 e. The third kappa shape index (κ3) is 1.81. The smallest absolute Gasteiger partial charge is 0.234 e. The van der Waals surface area contributed by atoms with Crippen LogP contribution in [-0.2, 0) is 11.2 Å². The van der Waals surface area contributed by atoms with E-state index in [4.69, 9.17) is 0 Å². The Bertz CT molecular complexity index is 335. The van der Waals surface area contributed by atoms with Crippen molar-refractivity contribution >= 4 is 17.2 Å². The summed E-state index contributed by atoms with van der Waals surface area (Å²) >= 11 is 1.79. The van der Waals surface area contributed by atoms with Crippen molar-refractivity contribution < 1.29 is 4.79 Å². The Morgan fingerprint density at radius 2 is 2.57 bits per heavy atom. The average molecular weight is 210 g/mol. The van der Waals surface area contributed by atoms with Crippen LogP contribution in [0.3, 0.4) is 0 Å². The van der Waals surface area contributed by atoms with Gasteiger partial charge in [-0.1, -0.05) is 0 Å². The van der Waals surface area contributed by atoms with E-state index < -0.39 is 0 Å². The van der Waals surface area contributed by atoms with E-state index in [0.29, 0.717) is 6.54 Å². The molecule has 0 saturated carbocycles. The molecular formula is C10H14N2OS. The van der Waals surface area contributed by atoms with E-state index in [0.717, 1.165) is 12.8 Å². The molecule has 1 heterocycles. The molecule has 0 saturated heterocycles. The van der Waals surface area contributed by atoms with Crippen LogP contribution < -0.4 is 10.6 Å². The topological polar surface area (TPSA) is 41.1 Å². The normalized spacial score (nSPS) is 19.4. The Morgan fingerprint density at radius 1 is 1.71 bits per heavy atom. The van der Waals surface area contributed by atoms with Gasteiger partial charge in [0.2, 0.25) is 5.91 Å². The number of fused-ring (bicyclic) bond motifs is 1. The lowest BCUT2D eigenvalue weighted by molar-refractivity contribution is -0.120. The van der Waals surface area contributed by atoms with Crippen LogP contribution in [0.5, 0.6) is 0 Å². The number of carbonyl (C=O) groups excluding carboxylic acids is 1. The summed E-state index contributed by atoms with van der Waals surface area (Å²) in [5.74, 6) is 0.0801. The van der Waals surface area contributed by atoms with Gasteiger partial charge in [-0.3, -0.25) is 4.79 Å². The predicted octanol–water partition coefficient (Wildman–Crippen LogP) is 1.07. The fourth-order valence-corrected chi connectivity index (χ4v) is 2.81. The highest BCUT2D eigenvalue weighted by Gasteiger charge is 2.24. The molecule has 2 rings (SSSR count). The van der Waals surface area contributed by atoms with E-state index in [-0.39, 0.29) is 11.9 Å². The third-order valence-corrected chi connectivity index (χ3v) is 3.48. The molecule has 1 aromatic heterocycles. The lowest BCUT2D eigenvalue weighted by Gasteiger charge is -2.12. The second-order valence-corrected chi connectivity index (χ2v) is 4.49. The van der Waals surface area contributed by atoms with Crippen LogP contribution >= 0.6 is 11.3 Å². The number of hydrogen-bond donors (Lipinski definition) is 2. The molecular weight excluding hydrogens is 196 g/mol. The van der Waals surface area contributed by atoms with Gasteiger partial charge in [0, 0.05) is 4.88 Å². The van der Waals surface area contributed by atoms with Gasteiger partial charge in [-0.25, -0.2) is 0 Å². The van der Waals surface area contributed by atoms with Crippen LogP contribution in [-0.4, -0.2) is 19.5 Å². The van der Waals surface area contributed by atoms with Crippen LogP contribution in [0.1, 0.15) is 22.9 Å². The summed E-state index contributed by atoms with van der Waals surface area (Å²) < 4.78 is 0. The second-order valence-electron chi connectivity index (χ2n) is 3.49. The van der Waals surface area contributed by atoms with Crippen LogP contribution in [0.15, 0.2) is 11.4 Å². The van der Waals surface area contributed by atoms with Crippen molar-refractivity contribution in [3.8, 4) is 0 Å². The Balaban J connectivity index is 1.98. The maximum atomic E-state index is 11.4. The van der Waals surface area contributed by atoms with Gasteiger partial charge in [-0.05, 0) is 36.9 Å². The summed E-state index contributed by atoms with van der Waals surface area (Å²) in [6.07, 6.45) is 2.16. The summed E-state index contributed by atoms with van der Waals surface area (Å²) in [5.41, 5.74) is 1.32. The molecule has 0 spiro atoms. The second kappa shape index (κ2) is 4.11. The first-order valence-electron chi connectivity index (χ1n) is 4.81. The van der Waals surface area contributed by atoms with Crippen molar-refractivity contribution in [1.29, 1.82) is 0 Å². The largest absolute Gasteiger partial charge is 0.348 e. The van der Waals surface area contributed by atoms with Crippen LogP contribution in [0.25, 0.3) is 0 Å². The Hall–Kier alpha value is -0.870. The molecule has 1 amide bonds. The SMILES string of the molecule is CNCC(=O)NC1CCc2sccc21. The molecule has 0 aromatic carbocycles. The van der Waals surface area contributed by atoms with Crippen molar-refractivity contribution in [2.24, 2.45) is 0 Å². The van der Waals surface area contributed by atoms with Crippen molar-refractivity contribution in [2.75, 3.05) is 13.6 Å². The van der Waals surface area contributed by atoms with E-state index in [1.54, 1.807) is 18.4 Å². The molecule has 0 bridgehead atoms. The van der Waals surface area contributed by atoms with Crippen LogP contribution in [0.2, 0.25) is 0 Å². The number of rotatable bonds is 3. The number of aryl methyl sites for hydroxylation is 1. The summed E-state index contributed by atoms with van der Waals surface area (Å²) in [7, 11) is 1.78. The van der Waals surface area contributed by atoms with Gasteiger partial charge in [0.1, 0.15) is 0 Å². The fourth-order valence-electron chi connectivity index (χ4n) is 1.85. The van der Waals surface area contributed by atoms with Crippen LogP contribution in [0, 0.1) is 0 Å². The van der Waals surface area contributed by atoms with E-state index in [1.807, 2.05) is 0 Å². The van der Waals surface area contributed by atoms with Crippen molar-refractivity contribution in [1.82, 2.24) is 10.6 Å².